The van der Waals surface area contributed by atoms with E-state index >= 15 is 0 Å². The number of aromatic nitrogens is 3. The summed E-state index contributed by atoms with van der Waals surface area (Å²) in [6.45, 7) is 2.03. The molecule has 0 aliphatic rings. The molecular weight excluding hydrogens is 416 g/mol. The first-order valence-electron chi connectivity index (χ1n) is 9.63. The topological polar surface area (TPSA) is 99.2 Å². The summed E-state index contributed by atoms with van der Waals surface area (Å²) in [5.74, 6) is 0.685. The second kappa shape index (κ2) is 9.05. The third-order valence-corrected chi connectivity index (χ3v) is 5.49. The quantitative estimate of drug-likeness (QED) is 0.343. The number of nitrogens with zero attached hydrogens (tertiary/aromatic N) is 3. The van der Waals surface area contributed by atoms with E-state index in [0.717, 1.165) is 11.0 Å². The van der Waals surface area contributed by atoms with Crippen molar-refractivity contribution in [3.63, 3.8) is 0 Å². The number of carbonyl (C=O) groups is 2. The van der Waals surface area contributed by atoms with Gasteiger partial charge in [-0.05, 0) is 37.3 Å². The standard InChI is InChI=1S/C22H20N4O4S/c1-3-29-21(28)15-8-6-9-16(11-15)23-19(27)13-31-22-25-24-20(26(22)2)18-12-14-7-4-5-10-17(14)30-18/h4-12H,3,13H2,1-2H3,(H,23,27). The van der Waals surface area contributed by atoms with Crippen molar-refractivity contribution in [2.24, 2.45) is 7.05 Å². The number of hydrogen-bond donors (Lipinski definition) is 1. The summed E-state index contributed by atoms with van der Waals surface area (Å²) in [5, 5.41) is 12.7. The number of fused-ring (bicyclic) bond motifs is 1. The molecule has 2 heterocycles. The van der Waals surface area contributed by atoms with Gasteiger partial charge in [0.15, 0.2) is 16.7 Å². The molecule has 8 nitrogen and oxygen atoms in total. The number of carbonyl (C=O) groups excluding carboxylic acids is 2. The molecule has 0 fully saturated rings. The van der Waals surface area contributed by atoms with Gasteiger partial charge in [-0.2, -0.15) is 0 Å². The Morgan fingerprint density at radius 1 is 1.13 bits per heavy atom. The molecule has 0 bridgehead atoms. The first-order chi connectivity index (χ1) is 15.0. The number of amides is 1. The number of anilines is 1. The minimum Gasteiger partial charge on any atom is -0.462 e. The van der Waals surface area contributed by atoms with Crippen molar-refractivity contribution in [1.29, 1.82) is 0 Å². The third kappa shape index (κ3) is 4.61. The predicted octanol–water partition coefficient (Wildman–Crippen LogP) is 4.14. The Kier molecular flexibility index (Phi) is 6.03. The number of furan rings is 1. The van der Waals surface area contributed by atoms with Gasteiger partial charge in [0.1, 0.15) is 5.58 Å². The Bertz CT molecular complexity index is 1210. The maximum atomic E-state index is 12.4. The fourth-order valence-corrected chi connectivity index (χ4v) is 3.72. The van der Waals surface area contributed by atoms with Gasteiger partial charge in [-0.25, -0.2) is 4.79 Å². The Morgan fingerprint density at radius 2 is 1.97 bits per heavy atom. The van der Waals surface area contributed by atoms with E-state index in [1.165, 1.54) is 11.8 Å². The van der Waals surface area contributed by atoms with E-state index in [1.807, 2.05) is 37.4 Å². The average molecular weight is 436 g/mol. The zero-order valence-corrected chi connectivity index (χ0v) is 17.8. The summed E-state index contributed by atoms with van der Waals surface area (Å²) in [6.07, 6.45) is 0. The van der Waals surface area contributed by atoms with Crippen molar-refractivity contribution >= 4 is 40.3 Å². The van der Waals surface area contributed by atoms with Gasteiger partial charge in [-0.15, -0.1) is 10.2 Å². The number of benzene rings is 2. The Labute approximate surface area is 182 Å². The molecule has 0 saturated heterocycles. The van der Waals surface area contributed by atoms with Gasteiger partial charge in [0.2, 0.25) is 5.91 Å². The zero-order valence-electron chi connectivity index (χ0n) is 17.0. The molecule has 1 amide bonds. The van der Waals surface area contributed by atoms with Crippen LogP contribution in [0.4, 0.5) is 5.69 Å². The highest BCUT2D eigenvalue weighted by atomic mass is 32.2. The van der Waals surface area contributed by atoms with Crippen LogP contribution in [-0.4, -0.2) is 39.0 Å². The molecule has 2 aromatic carbocycles. The van der Waals surface area contributed by atoms with Crippen LogP contribution in [0.1, 0.15) is 17.3 Å². The molecule has 0 atom stereocenters. The summed E-state index contributed by atoms with van der Waals surface area (Å²) < 4.78 is 12.6. The predicted molar refractivity (Wildman–Crippen MR) is 118 cm³/mol. The number of rotatable bonds is 7. The number of para-hydroxylation sites is 1. The third-order valence-electron chi connectivity index (χ3n) is 4.47. The van der Waals surface area contributed by atoms with Crippen molar-refractivity contribution in [1.82, 2.24) is 14.8 Å². The Balaban J connectivity index is 1.40. The normalized spacial score (nSPS) is 10.9. The lowest BCUT2D eigenvalue weighted by molar-refractivity contribution is -0.113. The number of ether oxygens (including phenoxy) is 1. The summed E-state index contributed by atoms with van der Waals surface area (Å²) in [4.78, 5) is 24.2. The van der Waals surface area contributed by atoms with Crippen LogP contribution >= 0.6 is 11.8 Å². The Morgan fingerprint density at radius 3 is 2.77 bits per heavy atom. The monoisotopic (exact) mass is 436 g/mol. The zero-order chi connectivity index (χ0) is 21.8. The van der Waals surface area contributed by atoms with E-state index in [-0.39, 0.29) is 11.7 Å². The van der Waals surface area contributed by atoms with Gasteiger partial charge in [-0.1, -0.05) is 36.0 Å². The summed E-state index contributed by atoms with van der Waals surface area (Å²) in [6, 6.07) is 16.3. The van der Waals surface area contributed by atoms with Crippen LogP contribution in [0, 0.1) is 0 Å². The van der Waals surface area contributed by atoms with Gasteiger partial charge in [0, 0.05) is 18.1 Å². The minimum atomic E-state index is -0.426. The SMILES string of the molecule is CCOC(=O)c1cccc(NC(=O)CSc2nnc(-c3cc4ccccc4o3)n2C)c1. The van der Waals surface area contributed by atoms with Crippen molar-refractivity contribution in [2.75, 3.05) is 17.7 Å². The fourth-order valence-electron chi connectivity index (χ4n) is 3.01. The lowest BCUT2D eigenvalue weighted by atomic mass is 10.2. The van der Waals surface area contributed by atoms with Crippen molar-refractivity contribution < 1.29 is 18.7 Å². The fraction of sp³-hybridized carbons (Fsp3) is 0.182. The van der Waals surface area contributed by atoms with Crippen LogP contribution in [0.5, 0.6) is 0 Å². The molecule has 2 aromatic heterocycles. The number of hydrogen-bond acceptors (Lipinski definition) is 7. The van der Waals surface area contributed by atoms with Gasteiger partial charge in [0.25, 0.3) is 0 Å². The lowest BCUT2D eigenvalue weighted by Crippen LogP contribution is -2.15. The van der Waals surface area contributed by atoms with E-state index in [4.69, 9.17) is 9.15 Å². The highest BCUT2D eigenvalue weighted by Crippen LogP contribution is 2.28. The lowest BCUT2D eigenvalue weighted by Gasteiger charge is -2.07. The van der Waals surface area contributed by atoms with E-state index in [0.29, 0.717) is 34.6 Å². The Hall–Kier alpha value is -3.59. The van der Waals surface area contributed by atoms with E-state index in [9.17, 15) is 9.59 Å². The first kappa shape index (κ1) is 20.7. The summed E-state index contributed by atoms with van der Waals surface area (Å²) in [7, 11) is 1.82. The second-order valence-electron chi connectivity index (χ2n) is 6.65. The molecule has 0 unspecified atom stereocenters. The molecule has 0 aliphatic carbocycles. The molecule has 0 aliphatic heterocycles. The smallest absolute Gasteiger partial charge is 0.338 e. The highest BCUT2D eigenvalue weighted by Gasteiger charge is 2.16. The van der Waals surface area contributed by atoms with Gasteiger partial charge in [-0.3, -0.25) is 4.79 Å². The molecule has 0 saturated carbocycles. The van der Waals surface area contributed by atoms with Crippen molar-refractivity contribution in [2.45, 2.75) is 12.1 Å². The van der Waals surface area contributed by atoms with E-state index in [2.05, 4.69) is 15.5 Å². The minimum absolute atomic E-state index is 0.135. The summed E-state index contributed by atoms with van der Waals surface area (Å²) >= 11 is 1.26. The second-order valence-corrected chi connectivity index (χ2v) is 7.59. The van der Waals surface area contributed by atoms with E-state index < -0.39 is 5.97 Å². The number of thioether (sulfide) groups is 1. The molecular formula is C22H20N4O4S. The van der Waals surface area contributed by atoms with Crippen molar-refractivity contribution in [3.05, 3.63) is 60.2 Å². The van der Waals surface area contributed by atoms with Crippen LogP contribution in [-0.2, 0) is 16.6 Å². The van der Waals surface area contributed by atoms with Crippen LogP contribution in [0.25, 0.3) is 22.6 Å². The van der Waals surface area contributed by atoms with Crippen LogP contribution < -0.4 is 5.32 Å². The van der Waals surface area contributed by atoms with E-state index in [1.54, 1.807) is 35.8 Å². The molecule has 4 aromatic rings. The van der Waals surface area contributed by atoms with Gasteiger partial charge in [0.05, 0.1) is 17.9 Å². The maximum absolute atomic E-state index is 12.4. The number of esters is 1. The van der Waals surface area contributed by atoms with Crippen LogP contribution in [0.15, 0.2) is 64.2 Å². The molecule has 158 valence electrons. The molecule has 1 N–H and O–H groups in total. The molecule has 4 rings (SSSR count). The first-order valence-corrected chi connectivity index (χ1v) is 10.6. The highest BCUT2D eigenvalue weighted by molar-refractivity contribution is 7.99. The molecule has 0 radical (unpaired) electrons. The average Bonchev–Trinajstić information content (AvgIpc) is 3.35. The number of nitrogens with one attached hydrogen (secondary N) is 1. The molecule has 0 spiro atoms. The molecule has 9 heteroatoms. The van der Waals surface area contributed by atoms with Crippen molar-refractivity contribution in [3.8, 4) is 11.6 Å². The maximum Gasteiger partial charge on any atom is 0.338 e. The summed E-state index contributed by atoms with van der Waals surface area (Å²) in [5.41, 5.74) is 1.69. The van der Waals surface area contributed by atoms with Crippen LogP contribution in [0.3, 0.4) is 0 Å². The van der Waals surface area contributed by atoms with Crippen LogP contribution in [0.2, 0.25) is 0 Å². The largest absolute Gasteiger partial charge is 0.462 e. The molecule has 31 heavy (non-hydrogen) atoms. The van der Waals surface area contributed by atoms with Gasteiger partial charge < -0.3 is 19.0 Å². The van der Waals surface area contributed by atoms with Gasteiger partial charge >= 0.3 is 5.97 Å².